The molecule has 0 aromatic carbocycles. The van der Waals surface area contributed by atoms with Crippen LogP contribution in [-0.2, 0) is 9.53 Å². The molecular weight excluding hydrogens is 230 g/mol. The van der Waals surface area contributed by atoms with E-state index in [2.05, 4.69) is 6.58 Å². The van der Waals surface area contributed by atoms with Gasteiger partial charge in [0, 0.05) is 6.54 Å². The van der Waals surface area contributed by atoms with Crippen molar-refractivity contribution >= 4 is 11.9 Å². The lowest BCUT2D eigenvalue weighted by molar-refractivity contribution is -0.127. The number of carbonyl (C=O) groups excluding carboxylic acids is 2. The molecule has 1 atom stereocenters. The third kappa shape index (κ3) is 3.12. The van der Waals surface area contributed by atoms with Gasteiger partial charge in [0.25, 0.3) is 0 Å². The van der Waals surface area contributed by atoms with Gasteiger partial charge in [-0.3, -0.25) is 9.69 Å². The molecule has 1 aliphatic heterocycles. The van der Waals surface area contributed by atoms with E-state index in [4.69, 9.17) is 4.74 Å². The lowest BCUT2D eigenvalue weighted by atomic mass is 9.85. The van der Waals surface area contributed by atoms with Crippen molar-refractivity contribution in [3.8, 4) is 0 Å². The number of piperidine rings is 1. The third-order valence-electron chi connectivity index (χ3n) is 3.22. The molecule has 4 nitrogen and oxygen atoms in total. The molecule has 0 aromatic heterocycles. The second-order valence-electron chi connectivity index (χ2n) is 5.93. The highest BCUT2D eigenvalue weighted by atomic mass is 16.6. The summed E-state index contributed by atoms with van der Waals surface area (Å²) in [4.78, 5) is 25.7. The maximum Gasteiger partial charge on any atom is 0.411 e. The molecule has 0 bridgehead atoms. The summed E-state index contributed by atoms with van der Waals surface area (Å²) < 4.78 is 5.37. The first-order valence-corrected chi connectivity index (χ1v) is 6.38. The van der Waals surface area contributed by atoms with Crippen LogP contribution < -0.4 is 0 Å². The SMILES string of the molecule is C=CC(=O)C1(C)CCCCN1C(=O)OC(C)(C)C. The van der Waals surface area contributed by atoms with E-state index < -0.39 is 17.2 Å². The van der Waals surface area contributed by atoms with Crippen LogP contribution in [0, 0.1) is 0 Å². The number of hydrogen-bond donors (Lipinski definition) is 0. The number of rotatable bonds is 2. The van der Waals surface area contributed by atoms with Gasteiger partial charge in [-0.05, 0) is 53.0 Å². The lowest BCUT2D eigenvalue weighted by Crippen LogP contribution is -2.57. The van der Waals surface area contributed by atoms with Gasteiger partial charge in [0.2, 0.25) is 0 Å². The van der Waals surface area contributed by atoms with Gasteiger partial charge in [-0.15, -0.1) is 0 Å². The molecule has 1 aliphatic rings. The Hall–Kier alpha value is -1.32. The Bertz CT molecular complexity index is 357. The molecule has 1 unspecified atom stereocenters. The van der Waals surface area contributed by atoms with E-state index in [1.54, 1.807) is 11.8 Å². The smallest absolute Gasteiger partial charge is 0.411 e. The fourth-order valence-corrected chi connectivity index (χ4v) is 2.21. The first-order valence-electron chi connectivity index (χ1n) is 6.38. The van der Waals surface area contributed by atoms with Crippen molar-refractivity contribution in [1.82, 2.24) is 4.90 Å². The van der Waals surface area contributed by atoms with E-state index in [-0.39, 0.29) is 5.78 Å². The van der Waals surface area contributed by atoms with E-state index in [1.165, 1.54) is 6.08 Å². The van der Waals surface area contributed by atoms with Crippen molar-refractivity contribution in [2.24, 2.45) is 0 Å². The highest BCUT2D eigenvalue weighted by Crippen LogP contribution is 2.30. The Morgan fingerprint density at radius 2 is 1.94 bits per heavy atom. The van der Waals surface area contributed by atoms with E-state index in [1.807, 2.05) is 20.8 Å². The molecule has 1 saturated heterocycles. The second-order valence-corrected chi connectivity index (χ2v) is 5.93. The lowest BCUT2D eigenvalue weighted by Gasteiger charge is -2.43. The van der Waals surface area contributed by atoms with Crippen LogP contribution >= 0.6 is 0 Å². The van der Waals surface area contributed by atoms with Crippen LogP contribution in [-0.4, -0.2) is 34.5 Å². The summed E-state index contributed by atoms with van der Waals surface area (Å²) in [5.74, 6) is -0.118. The molecule has 0 N–H and O–H groups in total. The largest absolute Gasteiger partial charge is 0.444 e. The highest BCUT2D eigenvalue weighted by molar-refractivity contribution is 5.99. The van der Waals surface area contributed by atoms with Crippen molar-refractivity contribution in [2.45, 2.75) is 58.1 Å². The first kappa shape index (κ1) is 14.7. The van der Waals surface area contributed by atoms with Crippen molar-refractivity contribution in [1.29, 1.82) is 0 Å². The summed E-state index contributed by atoms with van der Waals surface area (Å²) in [5, 5.41) is 0. The average molecular weight is 253 g/mol. The molecule has 0 aliphatic carbocycles. The second kappa shape index (κ2) is 5.12. The van der Waals surface area contributed by atoms with Gasteiger partial charge >= 0.3 is 6.09 Å². The molecule has 1 heterocycles. The van der Waals surface area contributed by atoms with Gasteiger partial charge in [-0.25, -0.2) is 4.79 Å². The third-order valence-corrected chi connectivity index (χ3v) is 3.22. The first-order chi connectivity index (χ1) is 8.20. The van der Waals surface area contributed by atoms with Gasteiger partial charge in [-0.2, -0.15) is 0 Å². The highest BCUT2D eigenvalue weighted by Gasteiger charge is 2.43. The van der Waals surface area contributed by atoms with Crippen LogP contribution in [0.2, 0.25) is 0 Å². The zero-order valence-corrected chi connectivity index (χ0v) is 11.8. The van der Waals surface area contributed by atoms with Gasteiger partial charge in [0.05, 0.1) is 0 Å². The minimum atomic E-state index is -0.803. The van der Waals surface area contributed by atoms with Crippen molar-refractivity contribution in [3.05, 3.63) is 12.7 Å². The molecule has 1 rings (SSSR count). The number of amides is 1. The summed E-state index contributed by atoms with van der Waals surface area (Å²) >= 11 is 0. The number of nitrogens with zero attached hydrogens (tertiary/aromatic N) is 1. The predicted octanol–water partition coefficient (Wildman–Crippen LogP) is 2.92. The van der Waals surface area contributed by atoms with Crippen LogP contribution in [0.4, 0.5) is 4.79 Å². The number of carbonyl (C=O) groups is 2. The maximum atomic E-state index is 12.2. The Kier molecular flexibility index (Phi) is 4.20. The van der Waals surface area contributed by atoms with Crippen LogP contribution in [0.1, 0.15) is 47.0 Å². The molecule has 0 aromatic rings. The molecule has 0 saturated carbocycles. The molecular formula is C14H23NO3. The van der Waals surface area contributed by atoms with Crippen molar-refractivity contribution < 1.29 is 14.3 Å². The minimum Gasteiger partial charge on any atom is -0.444 e. The van der Waals surface area contributed by atoms with Gasteiger partial charge in [0.1, 0.15) is 11.1 Å². The standard InChI is InChI=1S/C14H23NO3/c1-6-11(16)14(5)9-7-8-10-15(14)12(17)18-13(2,3)4/h6H,1,7-10H2,2-5H3. The molecule has 0 radical (unpaired) electrons. The molecule has 102 valence electrons. The van der Waals surface area contributed by atoms with Gasteiger partial charge in [-0.1, -0.05) is 6.58 Å². The van der Waals surface area contributed by atoms with E-state index >= 15 is 0 Å². The number of ketones is 1. The Morgan fingerprint density at radius 3 is 2.44 bits per heavy atom. The molecule has 18 heavy (non-hydrogen) atoms. The summed E-state index contributed by atoms with van der Waals surface area (Å²) in [6.07, 6.45) is 3.38. The summed E-state index contributed by atoms with van der Waals surface area (Å²) in [7, 11) is 0. The summed E-state index contributed by atoms with van der Waals surface area (Å²) in [6, 6.07) is 0. The van der Waals surface area contributed by atoms with Crippen LogP contribution in [0.5, 0.6) is 0 Å². The van der Waals surface area contributed by atoms with E-state index in [0.717, 1.165) is 12.8 Å². The van der Waals surface area contributed by atoms with E-state index in [0.29, 0.717) is 13.0 Å². The summed E-state index contributed by atoms with van der Waals surface area (Å²) in [5.41, 5.74) is -1.35. The van der Waals surface area contributed by atoms with Crippen LogP contribution in [0.15, 0.2) is 12.7 Å². The van der Waals surface area contributed by atoms with Gasteiger partial charge < -0.3 is 4.74 Å². The normalized spacial score (nSPS) is 24.6. The van der Waals surface area contributed by atoms with E-state index in [9.17, 15) is 9.59 Å². The van der Waals surface area contributed by atoms with Crippen LogP contribution in [0.3, 0.4) is 0 Å². The monoisotopic (exact) mass is 253 g/mol. The molecule has 0 spiro atoms. The Labute approximate surface area is 109 Å². The zero-order valence-electron chi connectivity index (χ0n) is 11.8. The maximum absolute atomic E-state index is 12.2. The average Bonchev–Trinajstić information content (AvgIpc) is 2.26. The number of hydrogen-bond acceptors (Lipinski definition) is 3. The summed E-state index contributed by atoms with van der Waals surface area (Å²) in [6.45, 7) is 11.3. The quantitative estimate of drug-likeness (QED) is 0.711. The number of ether oxygens (including phenoxy) is 1. The fraction of sp³-hybridized carbons (Fsp3) is 0.714. The minimum absolute atomic E-state index is 0.118. The zero-order chi connectivity index (χ0) is 14.0. The Balaban J connectivity index is 2.92. The molecule has 4 heteroatoms. The fourth-order valence-electron chi connectivity index (χ4n) is 2.21. The van der Waals surface area contributed by atoms with Crippen molar-refractivity contribution in [2.75, 3.05) is 6.54 Å². The van der Waals surface area contributed by atoms with Crippen molar-refractivity contribution in [3.63, 3.8) is 0 Å². The van der Waals surface area contributed by atoms with Gasteiger partial charge in [0.15, 0.2) is 5.78 Å². The molecule has 1 amide bonds. The molecule has 1 fully saturated rings. The topological polar surface area (TPSA) is 46.6 Å². The predicted molar refractivity (Wildman–Crippen MR) is 70.4 cm³/mol. The Morgan fingerprint density at radius 1 is 1.33 bits per heavy atom. The van der Waals surface area contributed by atoms with Crippen LogP contribution in [0.25, 0.3) is 0 Å². The number of likely N-dealkylation sites (tertiary alicyclic amines) is 1.